The first-order chi connectivity index (χ1) is 11.8. The number of aryl methyl sites for hydroxylation is 1. The van der Waals surface area contributed by atoms with E-state index in [1.54, 1.807) is 0 Å². The molecule has 1 aliphatic rings. The maximum Gasteiger partial charge on any atom is 0.230 e. The lowest BCUT2D eigenvalue weighted by molar-refractivity contribution is 0.122. The van der Waals surface area contributed by atoms with Crippen LogP contribution in [0.5, 0.6) is 0 Å². The van der Waals surface area contributed by atoms with Gasteiger partial charge in [-0.05, 0) is 29.5 Å². The normalized spacial score (nSPS) is 15.3. The van der Waals surface area contributed by atoms with Crippen molar-refractivity contribution in [1.82, 2.24) is 9.97 Å². The predicted octanol–water partition coefficient (Wildman–Crippen LogP) is 3.80. The molecule has 0 unspecified atom stereocenters. The van der Waals surface area contributed by atoms with Crippen molar-refractivity contribution in [2.75, 3.05) is 36.5 Å². The molecule has 0 radical (unpaired) electrons. The third-order valence-electron chi connectivity index (χ3n) is 4.33. The molecule has 1 saturated heterocycles. The molecule has 25 heavy (non-hydrogen) atoms. The van der Waals surface area contributed by atoms with E-state index in [0.717, 1.165) is 11.3 Å². The van der Waals surface area contributed by atoms with E-state index in [1.807, 2.05) is 17.9 Å². The summed E-state index contributed by atoms with van der Waals surface area (Å²) in [6, 6.07) is 7.59. The summed E-state index contributed by atoms with van der Waals surface area (Å²) in [6.07, 6.45) is 0. The van der Waals surface area contributed by atoms with Gasteiger partial charge in [0, 0.05) is 24.8 Å². The smallest absolute Gasteiger partial charge is 0.230 e. The number of anilines is 3. The molecular formula is C19H25FN4O. The number of morpholine rings is 1. The Hall–Kier alpha value is -2.21. The number of aromatic nitrogens is 2. The molecule has 6 heteroatoms. The fourth-order valence-electron chi connectivity index (χ4n) is 2.78. The lowest BCUT2D eigenvalue weighted by atomic mass is 9.86. The molecule has 0 amide bonds. The Morgan fingerprint density at radius 1 is 1.12 bits per heavy atom. The fourth-order valence-corrected chi connectivity index (χ4v) is 2.78. The molecule has 0 bridgehead atoms. The van der Waals surface area contributed by atoms with Crippen LogP contribution in [0.1, 0.15) is 31.9 Å². The minimum absolute atomic E-state index is 0.0911. The molecule has 0 atom stereocenters. The number of hydrogen-bond donors (Lipinski definition) is 1. The summed E-state index contributed by atoms with van der Waals surface area (Å²) < 4.78 is 19.3. The second-order valence-corrected chi connectivity index (χ2v) is 7.38. The minimum atomic E-state index is -0.539. The molecule has 2 aromatic rings. The van der Waals surface area contributed by atoms with E-state index in [9.17, 15) is 4.39 Å². The zero-order valence-electron chi connectivity index (χ0n) is 15.3. The first-order valence-corrected chi connectivity index (χ1v) is 8.58. The molecular weight excluding hydrogens is 319 g/mol. The van der Waals surface area contributed by atoms with Crippen LogP contribution in [0.25, 0.3) is 0 Å². The quantitative estimate of drug-likeness (QED) is 0.858. The molecule has 1 aromatic carbocycles. The zero-order valence-corrected chi connectivity index (χ0v) is 15.3. The summed E-state index contributed by atoms with van der Waals surface area (Å²) in [5.74, 6) is 0.318. The second-order valence-electron chi connectivity index (χ2n) is 7.38. The molecule has 134 valence electrons. The van der Waals surface area contributed by atoms with E-state index >= 15 is 0 Å². The monoisotopic (exact) mass is 344 g/mol. The Bertz CT molecular complexity index is 752. The minimum Gasteiger partial charge on any atom is -0.378 e. The van der Waals surface area contributed by atoms with Crippen molar-refractivity contribution in [2.45, 2.75) is 33.1 Å². The van der Waals surface area contributed by atoms with Gasteiger partial charge in [0.05, 0.1) is 13.2 Å². The molecule has 0 aliphatic carbocycles. The Morgan fingerprint density at radius 2 is 1.84 bits per heavy atom. The summed E-state index contributed by atoms with van der Waals surface area (Å²) >= 11 is 0. The van der Waals surface area contributed by atoms with Gasteiger partial charge in [-0.1, -0.05) is 32.9 Å². The average Bonchev–Trinajstić information content (AvgIpc) is 2.56. The summed E-state index contributed by atoms with van der Waals surface area (Å²) in [5.41, 5.74) is 3.37. The van der Waals surface area contributed by atoms with Gasteiger partial charge in [0.15, 0.2) is 0 Å². The highest BCUT2D eigenvalue weighted by Gasteiger charge is 2.17. The van der Waals surface area contributed by atoms with Gasteiger partial charge in [-0.2, -0.15) is 14.4 Å². The Kier molecular flexibility index (Phi) is 4.90. The van der Waals surface area contributed by atoms with Crippen LogP contribution < -0.4 is 10.2 Å². The van der Waals surface area contributed by atoms with Crippen molar-refractivity contribution in [1.29, 1.82) is 0 Å². The predicted molar refractivity (Wildman–Crippen MR) is 98.2 cm³/mol. The largest absolute Gasteiger partial charge is 0.378 e. The van der Waals surface area contributed by atoms with E-state index < -0.39 is 5.95 Å². The number of rotatable bonds is 3. The van der Waals surface area contributed by atoms with Crippen molar-refractivity contribution in [2.24, 2.45) is 0 Å². The maximum absolute atomic E-state index is 14.0. The molecule has 1 aliphatic heterocycles. The number of nitrogens with zero attached hydrogens (tertiary/aromatic N) is 3. The average molecular weight is 344 g/mol. The van der Waals surface area contributed by atoms with E-state index in [4.69, 9.17) is 4.74 Å². The molecule has 3 rings (SSSR count). The number of halogens is 1. The van der Waals surface area contributed by atoms with Gasteiger partial charge in [-0.3, -0.25) is 0 Å². The maximum atomic E-state index is 14.0. The van der Waals surface area contributed by atoms with Crippen LogP contribution in [0.2, 0.25) is 0 Å². The molecule has 2 heterocycles. The first kappa shape index (κ1) is 17.6. The van der Waals surface area contributed by atoms with Crippen molar-refractivity contribution >= 4 is 17.5 Å². The fraction of sp³-hybridized carbons (Fsp3) is 0.474. The number of benzene rings is 1. The van der Waals surface area contributed by atoms with Gasteiger partial charge in [0.1, 0.15) is 5.82 Å². The van der Waals surface area contributed by atoms with Gasteiger partial charge < -0.3 is 15.0 Å². The lowest BCUT2D eigenvalue weighted by Gasteiger charge is -2.27. The van der Waals surface area contributed by atoms with E-state index in [-0.39, 0.29) is 5.41 Å². The first-order valence-electron chi connectivity index (χ1n) is 8.58. The van der Waals surface area contributed by atoms with Crippen molar-refractivity contribution < 1.29 is 9.13 Å². The summed E-state index contributed by atoms with van der Waals surface area (Å²) in [6.45, 7) is 11.1. The highest BCUT2D eigenvalue weighted by molar-refractivity contribution is 5.62. The van der Waals surface area contributed by atoms with Crippen LogP contribution in [-0.4, -0.2) is 36.3 Å². The van der Waals surface area contributed by atoms with Crippen LogP contribution in [-0.2, 0) is 10.2 Å². The van der Waals surface area contributed by atoms with Gasteiger partial charge in [0.25, 0.3) is 0 Å². The number of ether oxygens (including phenoxy) is 1. The van der Waals surface area contributed by atoms with Gasteiger partial charge in [-0.25, -0.2) is 0 Å². The summed E-state index contributed by atoms with van der Waals surface area (Å²) in [7, 11) is 0. The third kappa shape index (κ3) is 4.25. The zero-order chi connectivity index (χ0) is 18.0. The lowest BCUT2D eigenvalue weighted by Crippen LogP contribution is -2.37. The second kappa shape index (κ2) is 6.96. The Labute approximate surface area is 148 Å². The molecule has 1 aromatic heterocycles. The van der Waals surface area contributed by atoms with Crippen LogP contribution in [0, 0.1) is 12.9 Å². The van der Waals surface area contributed by atoms with E-state index in [2.05, 4.69) is 48.2 Å². The van der Waals surface area contributed by atoms with Gasteiger partial charge >= 0.3 is 0 Å². The topological polar surface area (TPSA) is 50.3 Å². The van der Waals surface area contributed by atoms with Gasteiger partial charge in [0.2, 0.25) is 11.9 Å². The van der Waals surface area contributed by atoms with Crippen LogP contribution in [0.15, 0.2) is 24.3 Å². The standard InChI is InChI=1S/C19H25FN4O/c1-13-11-14(19(2,3)4)5-6-15(13)21-17-12-16(20)22-18(23-17)24-7-9-25-10-8-24/h5-6,11-12H,7-10H2,1-4H3,(H,21,22,23). The molecule has 0 spiro atoms. The summed E-state index contributed by atoms with van der Waals surface area (Å²) in [5, 5.41) is 3.22. The van der Waals surface area contributed by atoms with Crippen molar-refractivity contribution in [3.63, 3.8) is 0 Å². The molecule has 1 N–H and O–H groups in total. The van der Waals surface area contributed by atoms with E-state index in [1.165, 1.54) is 11.6 Å². The highest BCUT2D eigenvalue weighted by atomic mass is 19.1. The Morgan fingerprint density at radius 3 is 2.48 bits per heavy atom. The van der Waals surface area contributed by atoms with Crippen LogP contribution in [0.4, 0.5) is 21.8 Å². The molecule has 5 nitrogen and oxygen atoms in total. The molecule has 0 saturated carbocycles. The number of hydrogen-bond acceptors (Lipinski definition) is 5. The SMILES string of the molecule is Cc1cc(C(C)(C)C)ccc1Nc1cc(F)nc(N2CCOCC2)n1. The molecule has 1 fully saturated rings. The van der Waals surface area contributed by atoms with Gasteiger partial charge in [-0.15, -0.1) is 0 Å². The Balaban J connectivity index is 1.84. The third-order valence-corrected chi connectivity index (χ3v) is 4.33. The summed E-state index contributed by atoms with van der Waals surface area (Å²) in [4.78, 5) is 10.3. The van der Waals surface area contributed by atoms with Crippen molar-refractivity contribution in [3.05, 3.63) is 41.3 Å². The number of nitrogens with one attached hydrogen (secondary N) is 1. The van der Waals surface area contributed by atoms with Crippen LogP contribution in [0.3, 0.4) is 0 Å². The van der Waals surface area contributed by atoms with Crippen molar-refractivity contribution in [3.8, 4) is 0 Å². The van der Waals surface area contributed by atoms with E-state index in [0.29, 0.717) is 38.1 Å². The van der Waals surface area contributed by atoms with Crippen LogP contribution >= 0.6 is 0 Å². The highest BCUT2D eigenvalue weighted by Crippen LogP contribution is 2.28.